The molecule has 7 heteroatoms. The van der Waals surface area contributed by atoms with Crippen molar-refractivity contribution in [3.8, 4) is 0 Å². The highest BCUT2D eigenvalue weighted by molar-refractivity contribution is 7.99. The van der Waals surface area contributed by atoms with E-state index in [1.54, 1.807) is 6.33 Å². The molecule has 0 radical (unpaired) electrons. The summed E-state index contributed by atoms with van der Waals surface area (Å²) >= 11 is 1.85. The summed E-state index contributed by atoms with van der Waals surface area (Å²) < 4.78 is 1.90. The Hall–Kier alpha value is -2.02. The molecule has 2 rings (SSSR count). The summed E-state index contributed by atoms with van der Waals surface area (Å²) in [7, 11) is 0. The van der Waals surface area contributed by atoms with Crippen molar-refractivity contribution in [1.29, 1.82) is 0 Å². The summed E-state index contributed by atoms with van der Waals surface area (Å²) in [5.74, 6) is 0.740. The number of rotatable bonds is 7. The molecule has 0 fully saturated rings. The minimum atomic E-state index is -0.244. The summed E-state index contributed by atoms with van der Waals surface area (Å²) in [4.78, 5) is 13.3. The van der Waals surface area contributed by atoms with Crippen LogP contribution in [0, 0.1) is 6.92 Å². The van der Waals surface area contributed by atoms with Crippen LogP contribution in [0.25, 0.3) is 0 Å². The van der Waals surface area contributed by atoms with Gasteiger partial charge in [-0.3, -0.25) is 0 Å². The Bertz CT molecular complexity index is 685. The number of thioether (sulfide) groups is 1. The van der Waals surface area contributed by atoms with Crippen LogP contribution in [0.5, 0.6) is 0 Å². The number of carbonyl (C=O) groups excluding carboxylic acids is 1. The van der Waals surface area contributed by atoms with E-state index in [1.807, 2.05) is 42.3 Å². The van der Waals surface area contributed by atoms with Gasteiger partial charge in [-0.15, -0.1) is 22.0 Å². The van der Waals surface area contributed by atoms with E-state index in [0.717, 1.165) is 30.0 Å². The SMILES string of the molecule is CCC(C)Sc1ccc(NC(=O)NCc2nncn2CC)c(C)c1. The topological polar surface area (TPSA) is 71.8 Å². The molecule has 2 amide bonds. The summed E-state index contributed by atoms with van der Waals surface area (Å²) in [6.45, 7) is 9.54. The van der Waals surface area contributed by atoms with Crippen LogP contribution in [0.2, 0.25) is 0 Å². The van der Waals surface area contributed by atoms with Crippen molar-refractivity contribution in [2.24, 2.45) is 0 Å². The minimum Gasteiger partial charge on any atom is -0.331 e. The molecule has 1 unspecified atom stereocenters. The number of hydrogen-bond acceptors (Lipinski definition) is 4. The summed E-state index contributed by atoms with van der Waals surface area (Å²) in [6.07, 6.45) is 2.79. The number of urea groups is 1. The molecule has 1 heterocycles. The van der Waals surface area contributed by atoms with Gasteiger partial charge in [-0.1, -0.05) is 13.8 Å². The van der Waals surface area contributed by atoms with Gasteiger partial charge in [0, 0.05) is 22.4 Å². The fourth-order valence-electron chi connectivity index (χ4n) is 2.17. The van der Waals surface area contributed by atoms with Gasteiger partial charge in [-0.2, -0.15) is 0 Å². The minimum absolute atomic E-state index is 0.244. The summed E-state index contributed by atoms with van der Waals surface area (Å²) in [6, 6.07) is 5.87. The predicted octanol–water partition coefficient (Wildman–Crippen LogP) is 3.82. The van der Waals surface area contributed by atoms with E-state index < -0.39 is 0 Å². The maximum atomic E-state index is 12.1. The van der Waals surface area contributed by atoms with E-state index >= 15 is 0 Å². The lowest BCUT2D eigenvalue weighted by Gasteiger charge is -2.13. The molecule has 6 nitrogen and oxygen atoms in total. The van der Waals surface area contributed by atoms with Crippen LogP contribution in [-0.2, 0) is 13.1 Å². The highest BCUT2D eigenvalue weighted by Gasteiger charge is 2.09. The number of hydrogen-bond donors (Lipinski definition) is 2. The van der Waals surface area contributed by atoms with Gasteiger partial charge in [0.2, 0.25) is 0 Å². The Morgan fingerprint density at radius 2 is 2.17 bits per heavy atom. The van der Waals surface area contributed by atoms with E-state index in [0.29, 0.717) is 11.8 Å². The first-order valence-electron chi connectivity index (χ1n) is 8.22. The Morgan fingerprint density at radius 1 is 1.38 bits per heavy atom. The summed E-state index contributed by atoms with van der Waals surface area (Å²) in [5, 5.41) is 14.1. The number of nitrogens with one attached hydrogen (secondary N) is 2. The van der Waals surface area contributed by atoms with Crippen molar-refractivity contribution >= 4 is 23.5 Å². The van der Waals surface area contributed by atoms with Crippen LogP contribution >= 0.6 is 11.8 Å². The molecule has 2 aromatic rings. The second-order valence-corrected chi connectivity index (χ2v) is 7.17. The van der Waals surface area contributed by atoms with Crippen molar-refractivity contribution in [1.82, 2.24) is 20.1 Å². The second-order valence-electron chi connectivity index (χ2n) is 5.65. The third kappa shape index (κ3) is 4.99. The van der Waals surface area contributed by atoms with Crippen LogP contribution in [0.1, 0.15) is 38.6 Å². The van der Waals surface area contributed by atoms with Gasteiger partial charge >= 0.3 is 6.03 Å². The molecule has 0 aliphatic heterocycles. The van der Waals surface area contributed by atoms with Crippen molar-refractivity contribution in [2.75, 3.05) is 5.32 Å². The first-order chi connectivity index (χ1) is 11.5. The number of amides is 2. The molecule has 24 heavy (non-hydrogen) atoms. The highest BCUT2D eigenvalue weighted by Crippen LogP contribution is 2.28. The molecule has 1 aromatic heterocycles. The van der Waals surface area contributed by atoms with E-state index in [1.165, 1.54) is 4.90 Å². The maximum Gasteiger partial charge on any atom is 0.319 e. The number of aryl methyl sites for hydroxylation is 2. The van der Waals surface area contributed by atoms with Crippen LogP contribution in [-0.4, -0.2) is 26.0 Å². The van der Waals surface area contributed by atoms with Gasteiger partial charge in [-0.25, -0.2) is 4.79 Å². The Labute approximate surface area is 147 Å². The Kier molecular flexibility index (Phi) is 6.66. The zero-order valence-electron chi connectivity index (χ0n) is 14.7. The standard InChI is InChI=1S/C17H25N5OS/c1-5-13(4)24-14-7-8-15(12(3)9-14)20-17(23)18-10-16-21-19-11-22(16)6-2/h7-9,11,13H,5-6,10H2,1-4H3,(H2,18,20,23). The van der Waals surface area contributed by atoms with Crippen molar-refractivity contribution < 1.29 is 4.79 Å². The van der Waals surface area contributed by atoms with Crippen molar-refractivity contribution in [3.63, 3.8) is 0 Å². The third-order valence-electron chi connectivity index (χ3n) is 3.80. The molecule has 0 aliphatic rings. The van der Waals surface area contributed by atoms with Gasteiger partial charge in [0.05, 0.1) is 6.54 Å². The molecular formula is C17H25N5OS. The maximum absolute atomic E-state index is 12.1. The second kappa shape index (κ2) is 8.73. The first-order valence-corrected chi connectivity index (χ1v) is 9.10. The average molecular weight is 347 g/mol. The summed E-state index contributed by atoms with van der Waals surface area (Å²) in [5.41, 5.74) is 1.87. The van der Waals surface area contributed by atoms with Crippen molar-refractivity contribution in [2.45, 2.75) is 57.4 Å². The Balaban J connectivity index is 1.91. The fraction of sp³-hybridized carbons (Fsp3) is 0.471. The monoisotopic (exact) mass is 347 g/mol. The average Bonchev–Trinajstić information content (AvgIpc) is 3.03. The molecule has 0 saturated carbocycles. The van der Waals surface area contributed by atoms with Crippen LogP contribution in [0.4, 0.5) is 10.5 Å². The molecular weight excluding hydrogens is 322 g/mol. The smallest absolute Gasteiger partial charge is 0.319 e. The van der Waals surface area contributed by atoms with Gasteiger partial charge in [-0.05, 0) is 44.0 Å². The van der Waals surface area contributed by atoms with Gasteiger partial charge in [0.1, 0.15) is 6.33 Å². The van der Waals surface area contributed by atoms with Crippen LogP contribution in [0.3, 0.4) is 0 Å². The van der Waals surface area contributed by atoms with Crippen LogP contribution < -0.4 is 10.6 Å². The van der Waals surface area contributed by atoms with Gasteiger partial charge in [0.15, 0.2) is 5.82 Å². The van der Waals surface area contributed by atoms with E-state index in [-0.39, 0.29) is 6.03 Å². The number of carbonyl (C=O) groups is 1. The van der Waals surface area contributed by atoms with E-state index in [9.17, 15) is 4.79 Å². The van der Waals surface area contributed by atoms with Gasteiger partial charge in [0.25, 0.3) is 0 Å². The lowest BCUT2D eigenvalue weighted by Crippen LogP contribution is -2.29. The number of anilines is 1. The lowest BCUT2D eigenvalue weighted by atomic mass is 10.2. The Morgan fingerprint density at radius 3 is 2.83 bits per heavy atom. The van der Waals surface area contributed by atoms with Crippen LogP contribution in [0.15, 0.2) is 29.4 Å². The first kappa shape index (κ1) is 18.3. The molecule has 1 atom stereocenters. The predicted molar refractivity (Wildman–Crippen MR) is 98.3 cm³/mol. The lowest BCUT2D eigenvalue weighted by molar-refractivity contribution is 0.251. The van der Waals surface area contributed by atoms with Gasteiger partial charge < -0.3 is 15.2 Å². The fourth-order valence-corrected chi connectivity index (χ4v) is 3.19. The molecule has 0 bridgehead atoms. The molecule has 0 spiro atoms. The molecule has 130 valence electrons. The normalized spacial score (nSPS) is 12.0. The largest absolute Gasteiger partial charge is 0.331 e. The third-order valence-corrected chi connectivity index (χ3v) is 5.06. The number of benzene rings is 1. The zero-order valence-corrected chi connectivity index (χ0v) is 15.5. The molecule has 1 aromatic carbocycles. The molecule has 0 aliphatic carbocycles. The molecule has 2 N–H and O–H groups in total. The van der Waals surface area contributed by atoms with E-state index in [2.05, 4.69) is 40.7 Å². The number of aromatic nitrogens is 3. The molecule has 0 saturated heterocycles. The van der Waals surface area contributed by atoms with E-state index in [4.69, 9.17) is 0 Å². The zero-order chi connectivity index (χ0) is 17.5. The number of nitrogens with zero attached hydrogens (tertiary/aromatic N) is 3. The van der Waals surface area contributed by atoms with Crippen molar-refractivity contribution in [3.05, 3.63) is 35.9 Å². The highest BCUT2D eigenvalue weighted by atomic mass is 32.2. The quantitative estimate of drug-likeness (QED) is 0.747.